The van der Waals surface area contributed by atoms with Gasteiger partial charge in [-0.3, -0.25) is 0 Å². The quantitative estimate of drug-likeness (QED) is 0.782. The lowest BCUT2D eigenvalue weighted by Gasteiger charge is -2.23. The summed E-state index contributed by atoms with van der Waals surface area (Å²) in [5, 5.41) is 0. The molecule has 0 aliphatic heterocycles. The standard InChI is InChI=1S/C11H16BrN/c1-4-13(5-2)10-8-6-7-9(3)11(10)12/h6-8H,4-5H2,1-3H3. The summed E-state index contributed by atoms with van der Waals surface area (Å²) in [6.07, 6.45) is 0. The molecule has 1 nitrogen and oxygen atoms in total. The van der Waals surface area contributed by atoms with E-state index < -0.39 is 0 Å². The Morgan fingerprint density at radius 1 is 1.23 bits per heavy atom. The van der Waals surface area contributed by atoms with Gasteiger partial charge in [-0.25, -0.2) is 0 Å². The van der Waals surface area contributed by atoms with Gasteiger partial charge in [0.2, 0.25) is 0 Å². The molecular formula is C11H16BrN. The van der Waals surface area contributed by atoms with Crippen molar-refractivity contribution in [2.45, 2.75) is 20.8 Å². The Labute approximate surface area is 88.9 Å². The number of nitrogens with zero attached hydrogens (tertiary/aromatic N) is 1. The van der Waals surface area contributed by atoms with Crippen LogP contribution in [-0.4, -0.2) is 13.1 Å². The first-order valence-electron chi connectivity index (χ1n) is 4.70. The fourth-order valence-electron chi connectivity index (χ4n) is 1.44. The van der Waals surface area contributed by atoms with Crippen LogP contribution in [0.1, 0.15) is 19.4 Å². The third kappa shape index (κ3) is 2.25. The first-order chi connectivity index (χ1) is 6.20. The van der Waals surface area contributed by atoms with Crippen molar-refractivity contribution in [3.05, 3.63) is 28.2 Å². The minimum atomic E-state index is 1.05. The van der Waals surface area contributed by atoms with Crippen LogP contribution in [0.4, 0.5) is 5.69 Å². The first kappa shape index (κ1) is 10.6. The number of hydrogen-bond donors (Lipinski definition) is 0. The summed E-state index contributed by atoms with van der Waals surface area (Å²) in [4.78, 5) is 2.34. The molecule has 0 aromatic heterocycles. The smallest absolute Gasteiger partial charge is 0.0513 e. The van der Waals surface area contributed by atoms with Crippen LogP contribution in [0.2, 0.25) is 0 Å². The number of halogens is 1. The van der Waals surface area contributed by atoms with Crippen LogP contribution in [0.5, 0.6) is 0 Å². The molecule has 0 amide bonds. The summed E-state index contributed by atoms with van der Waals surface area (Å²) < 4.78 is 1.22. The fourth-order valence-corrected chi connectivity index (χ4v) is 1.96. The fraction of sp³-hybridized carbons (Fsp3) is 0.455. The second kappa shape index (κ2) is 4.66. The third-order valence-corrected chi connectivity index (χ3v) is 3.31. The minimum absolute atomic E-state index is 1.05. The van der Waals surface area contributed by atoms with E-state index in [-0.39, 0.29) is 0 Å². The van der Waals surface area contributed by atoms with E-state index in [0.717, 1.165) is 13.1 Å². The third-order valence-electron chi connectivity index (χ3n) is 2.28. The lowest BCUT2D eigenvalue weighted by molar-refractivity contribution is 0.863. The lowest BCUT2D eigenvalue weighted by atomic mass is 10.2. The maximum absolute atomic E-state index is 3.62. The van der Waals surface area contributed by atoms with Crippen LogP contribution in [0, 0.1) is 6.92 Å². The molecule has 0 atom stereocenters. The molecule has 0 aliphatic carbocycles. The molecule has 1 rings (SSSR count). The van der Waals surface area contributed by atoms with Crippen molar-refractivity contribution >= 4 is 21.6 Å². The first-order valence-corrected chi connectivity index (χ1v) is 5.50. The maximum atomic E-state index is 3.62. The normalized spacial score (nSPS) is 10.2. The summed E-state index contributed by atoms with van der Waals surface area (Å²) in [5.74, 6) is 0. The molecule has 0 bridgehead atoms. The van der Waals surface area contributed by atoms with Gasteiger partial charge in [-0.05, 0) is 48.3 Å². The van der Waals surface area contributed by atoms with E-state index in [1.807, 2.05) is 0 Å². The van der Waals surface area contributed by atoms with E-state index in [9.17, 15) is 0 Å². The second-order valence-electron chi connectivity index (χ2n) is 3.08. The zero-order valence-electron chi connectivity index (χ0n) is 8.47. The molecule has 0 spiro atoms. The highest BCUT2D eigenvalue weighted by molar-refractivity contribution is 9.10. The van der Waals surface area contributed by atoms with E-state index in [2.05, 4.69) is 59.8 Å². The molecule has 13 heavy (non-hydrogen) atoms. The zero-order chi connectivity index (χ0) is 9.84. The van der Waals surface area contributed by atoms with E-state index >= 15 is 0 Å². The number of anilines is 1. The lowest BCUT2D eigenvalue weighted by Crippen LogP contribution is -2.22. The largest absolute Gasteiger partial charge is 0.371 e. The Morgan fingerprint density at radius 3 is 2.38 bits per heavy atom. The SMILES string of the molecule is CCN(CC)c1cccc(C)c1Br. The van der Waals surface area contributed by atoms with Crippen molar-refractivity contribution in [2.24, 2.45) is 0 Å². The molecule has 0 aliphatic rings. The molecule has 0 unspecified atom stereocenters. The average molecular weight is 242 g/mol. The van der Waals surface area contributed by atoms with E-state index in [0.29, 0.717) is 0 Å². The second-order valence-corrected chi connectivity index (χ2v) is 3.87. The Bertz CT molecular complexity index is 279. The van der Waals surface area contributed by atoms with Gasteiger partial charge < -0.3 is 4.90 Å². The highest BCUT2D eigenvalue weighted by Gasteiger charge is 2.06. The molecule has 1 aromatic rings. The van der Waals surface area contributed by atoms with E-state index in [1.165, 1.54) is 15.7 Å². The van der Waals surface area contributed by atoms with Crippen LogP contribution in [0.25, 0.3) is 0 Å². The van der Waals surface area contributed by atoms with Gasteiger partial charge in [0, 0.05) is 17.6 Å². The number of benzene rings is 1. The van der Waals surface area contributed by atoms with Gasteiger partial charge in [-0.15, -0.1) is 0 Å². The summed E-state index contributed by atoms with van der Waals surface area (Å²) in [6, 6.07) is 6.38. The summed E-state index contributed by atoms with van der Waals surface area (Å²) in [6.45, 7) is 8.59. The highest BCUT2D eigenvalue weighted by Crippen LogP contribution is 2.28. The van der Waals surface area contributed by atoms with Crippen LogP contribution in [0.3, 0.4) is 0 Å². The Hall–Kier alpha value is -0.500. The molecule has 0 N–H and O–H groups in total. The molecular weight excluding hydrogens is 226 g/mol. The number of aryl methyl sites for hydroxylation is 1. The van der Waals surface area contributed by atoms with Gasteiger partial charge in [0.15, 0.2) is 0 Å². The van der Waals surface area contributed by atoms with Crippen molar-refractivity contribution in [3.63, 3.8) is 0 Å². The van der Waals surface area contributed by atoms with Crippen LogP contribution < -0.4 is 4.90 Å². The molecule has 72 valence electrons. The van der Waals surface area contributed by atoms with Crippen LogP contribution >= 0.6 is 15.9 Å². The molecule has 0 radical (unpaired) electrons. The minimum Gasteiger partial charge on any atom is -0.371 e. The molecule has 0 heterocycles. The molecule has 0 saturated heterocycles. The molecule has 0 saturated carbocycles. The Kier molecular flexibility index (Phi) is 3.79. The molecule has 1 aromatic carbocycles. The Balaban J connectivity index is 3.05. The van der Waals surface area contributed by atoms with E-state index in [4.69, 9.17) is 0 Å². The van der Waals surface area contributed by atoms with Crippen molar-refractivity contribution in [3.8, 4) is 0 Å². The molecule has 0 fully saturated rings. The maximum Gasteiger partial charge on any atom is 0.0513 e. The van der Waals surface area contributed by atoms with Crippen molar-refractivity contribution in [1.82, 2.24) is 0 Å². The van der Waals surface area contributed by atoms with E-state index in [1.54, 1.807) is 0 Å². The molecule has 2 heteroatoms. The number of hydrogen-bond acceptors (Lipinski definition) is 1. The van der Waals surface area contributed by atoms with Crippen LogP contribution in [-0.2, 0) is 0 Å². The predicted octanol–water partition coefficient (Wildman–Crippen LogP) is 3.60. The summed E-state index contributed by atoms with van der Waals surface area (Å²) in [5.41, 5.74) is 2.59. The summed E-state index contributed by atoms with van der Waals surface area (Å²) in [7, 11) is 0. The van der Waals surface area contributed by atoms with Crippen LogP contribution in [0.15, 0.2) is 22.7 Å². The van der Waals surface area contributed by atoms with Crippen molar-refractivity contribution < 1.29 is 0 Å². The topological polar surface area (TPSA) is 3.24 Å². The van der Waals surface area contributed by atoms with Gasteiger partial charge in [0.05, 0.1) is 5.69 Å². The Morgan fingerprint density at radius 2 is 1.85 bits per heavy atom. The van der Waals surface area contributed by atoms with Gasteiger partial charge in [-0.1, -0.05) is 12.1 Å². The van der Waals surface area contributed by atoms with Gasteiger partial charge >= 0.3 is 0 Å². The summed E-state index contributed by atoms with van der Waals surface area (Å²) >= 11 is 3.62. The predicted molar refractivity (Wildman–Crippen MR) is 62.4 cm³/mol. The van der Waals surface area contributed by atoms with Gasteiger partial charge in [0.1, 0.15) is 0 Å². The number of rotatable bonds is 3. The zero-order valence-corrected chi connectivity index (χ0v) is 10.1. The van der Waals surface area contributed by atoms with Gasteiger partial charge in [0.25, 0.3) is 0 Å². The van der Waals surface area contributed by atoms with Gasteiger partial charge in [-0.2, -0.15) is 0 Å². The van der Waals surface area contributed by atoms with Crippen molar-refractivity contribution in [1.29, 1.82) is 0 Å². The monoisotopic (exact) mass is 241 g/mol. The van der Waals surface area contributed by atoms with Crippen molar-refractivity contribution in [2.75, 3.05) is 18.0 Å². The highest BCUT2D eigenvalue weighted by atomic mass is 79.9. The average Bonchev–Trinajstić information content (AvgIpc) is 2.14.